The Morgan fingerprint density at radius 2 is 2.20 bits per heavy atom. The van der Waals surface area contributed by atoms with E-state index in [2.05, 4.69) is 11.8 Å². The highest BCUT2D eigenvalue weighted by Crippen LogP contribution is 2.07. The zero-order valence-electron chi connectivity index (χ0n) is 6.84. The van der Waals surface area contributed by atoms with E-state index in [0.29, 0.717) is 6.04 Å². The Morgan fingerprint density at radius 1 is 1.40 bits per heavy atom. The molecule has 0 aliphatic carbocycles. The lowest BCUT2D eigenvalue weighted by atomic mass is 10.1. The van der Waals surface area contributed by atoms with Gasteiger partial charge in [-0.3, -0.25) is 0 Å². The first-order chi connectivity index (χ1) is 4.83. The van der Waals surface area contributed by atoms with Gasteiger partial charge in [0.15, 0.2) is 0 Å². The molecule has 1 heterocycles. The summed E-state index contributed by atoms with van der Waals surface area (Å²) < 4.78 is 0. The lowest BCUT2D eigenvalue weighted by Crippen LogP contribution is -2.26. The van der Waals surface area contributed by atoms with Crippen LogP contribution in [0.25, 0.3) is 0 Å². The molecule has 1 aliphatic rings. The Bertz CT molecular complexity index is 93.3. The molecule has 10 heavy (non-hydrogen) atoms. The molecule has 1 atom stereocenters. The smallest absolute Gasteiger partial charge is 0.00514 e. The lowest BCUT2D eigenvalue weighted by molar-refractivity contribution is 0.299. The predicted molar refractivity (Wildman–Crippen MR) is 43.9 cm³/mol. The van der Waals surface area contributed by atoms with Crippen LogP contribution in [0.2, 0.25) is 0 Å². The highest BCUT2D eigenvalue weighted by Gasteiger charge is 2.11. The minimum Gasteiger partial charge on any atom is -0.328 e. The van der Waals surface area contributed by atoms with E-state index in [9.17, 15) is 0 Å². The van der Waals surface area contributed by atoms with E-state index in [-0.39, 0.29) is 0 Å². The summed E-state index contributed by atoms with van der Waals surface area (Å²) in [5.74, 6) is 0. The molecule has 0 spiro atoms. The van der Waals surface area contributed by atoms with Crippen LogP contribution in [0.15, 0.2) is 0 Å². The van der Waals surface area contributed by atoms with Crippen LogP contribution in [0.5, 0.6) is 0 Å². The Kier molecular flexibility index (Phi) is 3.16. The topological polar surface area (TPSA) is 29.3 Å². The summed E-state index contributed by atoms with van der Waals surface area (Å²) in [5.41, 5.74) is 5.82. The van der Waals surface area contributed by atoms with Gasteiger partial charge in [0.1, 0.15) is 0 Å². The zero-order chi connectivity index (χ0) is 7.40. The normalized spacial score (nSPS) is 30.0. The molecule has 0 amide bonds. The maximum absolute atomic E-state index is 5.82. The van der Waals surface area contributed by atoms with E-state index < -0.39 is 0 Å². The number of nitrogens with zero attached hydrogens (tertiary/aromatic N) is 1. The van der Waals surface area contributed by atoms with E-state index in [1.54, 1.807) is 0 Å². The Balaban J connectivity index is 2.26. The van der Waals surface area contributed by atoms with Crippen LogP contribution in [-0.2, 0) is 0 Å². The first-order valence-corrected chi connectivity index (χ1v) is 4.31. The minimum atomic E-state index is 0.469. The zero-order valence-corrected chi connectivity index (χ0v) is 6.84. The van der Waals surface area contributed by atoms with Crippen molar-refractivity contribution < 1.29 is 0 Å². The molecule has 0 bridgehead atoms. The molecule has 0 saturated carbocycles. The van der Waals surface area contributed by atoms with Gasteiger partial charge in [-0.25, -0.2) is 0 Å². The van der Waals surface area contributed by atoms with Gasteiger partial charge < -0.3 is 10.6 Å². The second-order valence-electron chi connectivity index (χ2n) is 3.13. The van der Waals surface area contributed by atoms with Gasteiger partial charge in [0.2, 0.25) is 0 Å². The van der Waals surface area contributed by atoms with Crippen LogP contribution in [0, 0.1) is 0 Å². The summed E-state index contributed by atoms with van der Waals surface area (Å²) in [7, 11) is 0. The maximum atomic E-state index is 5.82. The molecule has 60 valence electrons. The van der Waals surface area contributed by atoms with Crippen molar-refractivity contribution >= 4 is 0 Å². The molecule has 1 saturated heterocycles. The summed E-state index contributed by atoms with van der Waals surface area (Å²) in [5, 5.41) is 0. The molecular weight excluding hydrogens is 124 g/mol. The van der Waals surface area contributed by atoms with E-state index in [0.717, 1.165) is 0 Å². The Morgan fingerprint density at radius 3 is 2.90 bits per heavy atom. The molecule has 0 aromatic heterocycles. The largest absolute Gasteiger partial charge is 0.328 e. The standard InChI is InChI=1S/C8H18N2/c1-2-10-6-3-4-8(9)5-7-10/h8H,2-7,9H2,1H3/t8-/m1/s1. The third-order valence-electron chi connectivity index (χ3n) is 2.31. The van der Waals surface area contributed by atoms with Gasteiger partial charge in [-0.05, 0) is 38.9 Å². The van der Waals surface area contributed by atoms with Crippen molar-refractivity contribution in [2.75, 3.05) is 19.6 Å². The quantitative estimate of drug-likeness (QED) is 0.587. The molecule has 2 nitrogen and oxygen atoms in total. The molecule has 1 rings (SSSR count). The highest BCUT2D eigenvalue weighted by molar-refractivity contribution is 4.70. The van der Waals surface area contributed by atoms with Crippen molar-refractivity contribution in [1.29, 1.82) is 0 Å². The predicted octanol–water partition coefficient (Wildman–Crippen LogP) is 0.820. The SMILES string of the molecule is CCN1CCC[C@@H](N)CC1. The van der Waals surface area contributed by atoms with Crippen LogP contribution >= 0.6 is 0 Å². The fourth-order valence-electron chi connectivity index (χ4n) is 1.50. The molecule has 2 N–H and O–H groups in total. The van der Waals surface area contributed by atoms with Crippen LogP contribution in [0.1, 0.15) is 26.2 Å². The Labute approximate surface area is 63.4 Å². The van der Waals surface area contributed by atoms with Crippen molar-refractivity contribution in [3.05, 3.63) is 0 Å². The van der Waals surface area contributed by atoms with Crippen molar-refractivity contribution in [2.24, 2.45) is 5.73 Å². The number of nitrogens with two attached hydrogens (primary N) is 1. The van der Waals surface area contributed by atoms with Crippen LogP contribution < -0.4 is 5.73 Å². The van der Waals surface area contributed by atoms with Gasteiger partial charge in [0, 0.05) is 6.04 Å². The average molecular weight is 142 g/mol. The average Bonchev–Trinajstić information content (AvgIpc) is 2.14. The van der Waals surface area contributed by atoms with Crippen LogP contribution in [0.4, 0.5) is 0 Å². The molecule has 2 heteroatoms. The van der Waals surface area contributed by atoms with Crippen molar-refractivity contribution in [3.8, 4) is 0 Å². The van der Waals surface area contributed by atoms with Crippen LogP contribution in [-0.4, -0.2) is 30.6 Å². The van der Waals surface area contributed by atoms with E-state index in [1.807, 2.05) is 0 Å². The monoisotopic (exact) mass is 142 g/mol. The first-order valence-electron chi connectivity index (χ1n) is 4.31. The Hall–Kier alpha value is -0.0800. The van der Waals surface area contributed by atoms with Crippen molar-refractivity contribution in [2.45, 2.75) is 32.2 Å². The molecule has 0 aromatic rings. The van der Waals surface area contributed by atoms with Gasteiger partial charge in [0.05, 0.1) is 0 Å². The lowest BCUT2D eigenvalue weighted by Gasteiger charge is -2.16. The van der Waals surface area contributed by atoms with E-state index in [4.69, 9.17) is 5.73 Å². The van der Waals surface area contributed by atoms with E-state index >= 15 is 0 Å². The molecular formula is C8H18N2. The number of hydrogen-bond acceptors (Lipinski definition) is 2. The molecule has 0 aromatic carbocycles. The number of likely N-dealkylation sites (tertiary alicyclic amines) is 1. The fraction of sp³-hybridized carbons (Fsp3) is 1.00. The van der Waals surface area contributed by atoms with Gasteiger partial charge in [-0.2, -0.15) is 0 Å². The van der Waals surface area contributed by atoms with Gasteiger partial charge in [0.25, 0.3) is 0 Å². The number of rotatable bonds is 1. The fourth-order valence-corrected chi connectivity index (χ4v) is 1.50. The van der Waals surface area contributed by atoms with Crippen molar-refractivity contribution in [3.63, 3.8) is 0 Å². The molecule has 1 fully saturated rings. The van der Waals surface area contributed by atoms with Crippen LogP contribution in [0.3, 0.4) is 0 Å². The second kappa shape index (κ2) is 3.94. The summed E-state index contributed by atoms with van der Waals surface area (Å²) >= 11 is 0. The first kappa shape index (κ1) is 8.02. The second-order valence-corrected chi connectivity index (χ2v) is 3.13. The summed E-state index contributed by atoms with van der Waals surface area (Å²) in [6.45, 7) is 5.87. The third kappa shape index (κ3) is 2.27. The molecule has 0 unspecified atom stereocenters. The highest BCUT2D eigenvalue weighted by atomic mass is 15.1. The third-order valence-corrected chi connectivity index (χ3v) is 2.31. The van der Waals surface area contributed by atoms with E-state index in [1.165, 1.54) is 38.9 Å². The summed E-state index contributed by atoms with van der Waals surface area (Å²) in [6, 6.07) is 0.469. The maximum Gasteiger partial charge on any atom is 0.00514 e. The van der Waals surface area contributed by atoms with Crippen molar-refractivity contribution in [1.82, 2.24) is 4.90 Å². The van der Waals surface area contributed by atoms with Gasteiger partial charge in [-0.1, -0.05) is 6.92 Å². The van der Waals surface area contributed by atoms with Gasteiger partial charge in [-0.15, -0.1) is 0 Å². The summed E-state index contributed by atoms with van der Waals surface area (Å²) in [6.07, 6.45) is 3.69. The number of hydrogen-bond donors (Lipinski definition) is 1. The summed E-state index contributed by atoms with van der Waals surface area (Å²) in [4.78, 5) is 2.48. The molecule has 0 radical (unpaired) electrons. The van der Waals surface area contributed by atoms with Gasteiger partial charge >= 0.3 is 0 Å². The molecule has 1 aliphatic heterocycles. The minimum absolute atomic E-state index is 0.469.